The van der Waals surface area contributed by atoms with Crippen LogP contribution >= 0.6 is 0 Å². The van der Waals surface area contributed by atoms with Gasteiger partial charge in [-0.2, -0.15) is 13.2 Å². The number of alkyl halides is 3. The number of hydrogen-bond acceptors (Lipinski definition) is 3. The highest BCUT2D eigenvalue weighted by atomic mass is 19.4. The van der Waals surface area contributed by atoms with Crippen molar-refractivity contribution in [3.05, 3.63) is 84.2 Å². The summed E-state index contributed by atoms with van der Waals surface area (Å²) in [5, 5.41) is 1.71. The van der Waals surface area contributed by atoms with E-state index in [1.807, 2.05) is 0 Å². The molecule has 1 heterocycles. The number of aliphatic imine (C=N–C) groups is 1. The first-order valence-corrected chi connectivity index (χ1v) is 8.42. The van der Waals surface area contributed by atoms with Gasteiger partial charge in [0.25, 0.3) is 11.8 Å². The van der Waals surface area contributed by atoms with Gasteiger partial charge >= 0.3 is 11.8 Å². The molecule has 3 rings (SSSR count). The quantitative estimate of drug-likeness (QED) is 0.613. The fourth-order valence-electron chi connectivity index (χ4n) is 2.84. The largest absolute Gasteiger partial charge is 0.442 e. The van der Waals surface area contributed by atoms with Gasteiger partial charge in [-0.15, -0.1) is 6.58 Å². The number of rotatable bonds is 5. The molecule has 1 aliphatic heterocycles. The lowest BCUT2D eigenvalue weighted by Crippen LogP contribution is -2.63. The maximum absolute atomic E-state index is 14.1. The third kappa shape index (κ3) is 3.63. The van der Waals surface area contributed by atoms with Crippen molar-refractivity contribution < 1.29 is 27.2 Å². The molecule has 0 bridgehead atoms. The minimum absolute atomic E-state index is 0.239. The number of amidine groups is 1. The van der Waals surface area contributed by atoms with E-state index in [0.717, 1.165) is 29.2 Å². The van der Waals surface area contributed by atoms with E-state index in [1.54, 1.807) is 23.5 Å². The van der Waals surface area contributed by atoms with Crippen LogP contribution in [0.25, 0.3) is 0 Å². The highest BCUT2D eigenvalue weighted by Crippen LogP contribution is 2.38. The molecular formula is C20H15F4N3O2. The Kier molecular flexibility index (Phi) is 5.23. The summed E-state index contributed by atoms with van der Waals surface area (Å²) < 4.78 is 55.2. The van der Waals surface area contributed by atoms with E-state index in [-0.39, 0.29) is 23.5 Å². The Labute approximate surface area is 163 Å². The second-order valence-electron chi connectivity index (χ2n) is 6.18. The van der Waals surface area contributed by atoms with E-state index in [0.29, 0.717) is 0 Å². The normalized spacial score (nSPS) is 19.1. The van der Waals surface area contributed by atoms with Gasteiger partial charge in [-0.05, 0) is 24.3 Å². The van der Waals surface area contributed by atoms with Crippen LogP contribution in [0.15, 0.2) is 72.2 Å². The molecule has 1 aliphatic rings. The Bertz CT molecular complexity index is 971. The number of carbonyl (C=O) groups excluding carboxylic acids is 2. The van der Waals surface area contributed by atoms with Crippen molar-refractivity contribution in [3.63, 3.8) is 0 Å². The number of hydrogen-bond donors (Lipinski definition) is 1. The van der Waals surface area contributed by atoms with Crippen molar-refractivity contribution in [2.45, 2.75) is 11.8 Å². The molecule has 0 aromatic heterocycles. The number of nitrogens with one attached hydrogen (secondary N) is 1. The van der Waals surface area contributed by atoms with Crippen LogP contribution in [0.2, 0.25) is 0 Å². The molecule has 2 amide bonds. The SMILES string of the molecule is C=CCN1C(=O)C(NC(=O)c2ccc(F)cc2)(C(F)(F)F)N=C1c1ccccc1. The molecule has 1 unspecified atom stereocenters. The van der Waals surface area contributed by atoms with Crippen molar-refractivity contribution in [2.24, 2.45) is 4.99 Å². The van der Waals surface area contributed by atoms with Crippen LogP contribution < -0.4 is 5.32 Å². The number of amides is 2. The molecule has 9 heteroatoms. The molecule has 1 atom stereocenters. The zero-order chi connectivity index (χ0) is 21.2. The Morgan fingerprint density at radius 1 is 1.14 bits per heavy atom. The minimum Gasteiger partial charge on any atom is -0.312 e. The van der Waals surface area contributed by atoms with Crippen molar-refractivity contribution in [3.8, 4) is 0 Å². The van der Waals surface area contributed by atoms with Crippen LogP contribution in [0.1, 0.15) is 15.9 Å². The van der Waals surface area contributed by atoms with Crippen LogP contribution in [0, 0.1) is 5.82 Å². The molecule has 2 aromatic rings. The molecule has 0 radical (unpaired) electrons. The van der Waals surface area contributed by atoms with Gasteiger partial charge in [0.05, 0.1) is 0 Å². The van der Waals surface area contributed by atoms with Crippen LogP contribution in [0.5, 0.6) is 0 Å². The van der Waals surface area contributed by atoms with Gasteiger partial charge in [-0.1, -0.05) is 36.4 Å². The van der Waals surface area contributed by atoms with E-state index in [9.17, 15) is 27.2 Å². The van der Waals surface area contributed by atoms with Crippen molar-refractivity contribution in [1.82, 2.24) is 10.2 Å². The molecule has 5 nitrogen and oxygen atoms in total. The second kappa shape index (κ2) is 7.50. The van der Waals surface area contributed by atoms with Gasteiger partial charge in [-0.25, -0.2) is 9.38 Å². The first kappa shape index (κ1) is 20.2. The Hall–Kier alpha value is -3.49. The zero-order valence-electron chi connectivity index (χ0n) is 14.9. The van der Waals surface area contributed by atoms with E-state index < -0.39 is 29.5 Å². The third-order valence-corrected chi connectivity index (χ3v) is 4.24. The van der Waals surface area contributed by atoms with E-state index in [4.69, 9.17) is 0 Å². The van der Waals surface area contributed by atoms with Crippen LogP contribution in [0.3, 0.4) is 0 Å². The molecule has 0 aliphatic carbocycles. The number of benzene rings is 2. The molecule has 29 heavy (non-hydrogen) atoms. The summed E-state index contributed by atoms with van der Waals surface area (Å²) in [7, 11) is 0. The first-order chi connectivity index (χ1) is 13.7. The smallest absolute Gasteiger partial charge is 0.312 e. The predicted octanol–water partition coefficient (Wildman–Crippen LogP) is 3.29. The molecule has 0 fully saturated rings. The van der Waals surface area contributed by atoms with Gasteiger partial charge in [-0.3, -0.25) is 14.5 Å². The van der Waals surface area contributed by atoms with Gasteiger partial charge in [0.1, 0.15) is 11.7 Å². The lowest BCUT2D eigenvalue weighted by Gasteiger charge is -2.28. The average molecular weight is 405 g/mol. The second-order valence-corrected chi connectivity index (χ2v) is 6.18. The van der Waals surface area contributed by atoms with E-state index in [1.165, 1.54) is 18.2 Å². The number of halogens is 4. The zero-order valence-corrected chi connectivity index (χ0v) is 14.9. The summed E-state index contributed by atoms with van der Waals surface area (Å²) in [4.78, 5) is 29.7. The van der Waals surface area contributed by atoms with Gasteiger partial charge < -0.3 is 5.32 Å². The minimum atomic E-state index is -5.23. The van der Waals surface area contributed by atoms with Crippen molar-refractivity contribution >= 4 is 17.6 Å². The third-order valence-electron chi connectivity index (χ3n) is 4.24. The fraction of sp³-hybridized carbons (Fsp3) is 0.150. The summed E-state index contributed by atoms with van der Waals surface area (Å²) >= 11 is 0. The summed E-state index contributed by atoms with van der Waals surface area (Å²) in [5.74, 6) is -3.58. The predicted molar refractivity (Wildman–Crippen MR) is 97.5 cm³/mol. The fourth-order valence-corrected chi connectivity index (χ4v) is 2.84. The lowest BCUT2D eigenvalue weighted by atomic mass is 10.1. The maximum atomic E-state index is 14.1. The van der Waals surface area contributed by atoms with Crippen LogP contribution in [0.4, 0.5) is 17.6 Å². The topological polar surface area (TPSA) is 61.8 Å². The van der Waals surface area contributed by atoms with Crippen LogP contribution in [-0.4, -0.2) is 40.9 Å². The number of carbonyl (C=O) groups is 2. The Morgan fingerprint density at radius 3 is 2.31 bits per heavy atom. The number of nitrogens with zero attached hydrogens (tertiary/aromatic N) is 2. The molecule has 0 saturated heterocycles. The molecule has 0 saturated carbocycles. The lowest BCUT2D eigenvalue weighted by molar-refractivity contribution is -0.196. The summed E-state index contributed by atoms with van der Waals surface area (Å²) in [6.45, 7) is 3.22. The summed E-state index contributed by atoms with van der Waals surface area (Å²) in [6.07, 6.45) is -3.97. The molecule has 1 N–H and O–H groups in total. The van der Waals surface area contributed by atoms with E-state index >= 15 is 0 Å². The van der Waals surface area contributed by atoms with Gasteiger partial charge in [0.15, 0.2) is 0 Å². The molecular weight excluding hydrogens is 390 g/mol. The summed E-state index contributed by atoms with van der Waals surface area (Å²) in [5.41, 5.74) is -3.49. The molecule has 150 valence electrons. The standard InChI is InChI=1S/C20H15F4N3O2/c1-2-12-27-16(13-6-4-3-5-7-13)25-19(18(27)29,20(22,23)24)26-17(28)14-8-10-15(21)11-9-14/h2-11H,1,12H2,(H,26,28). The monoisotopic (exact) mass is 405 g/mol. The molecule has 2 aromatic carbocycles. The van der Waals surface area contributed by atoms with Crippen LogP contribution in [-0.2, 0) is 4.79 Å². The highest BCUT2D eigenvalue weighted by Gasteiger charge is 2.67. The maximum Gasteiger partial charge on any atom is 0.442 e. The van der Waals surface area contributed by atoms with Crippen molar-refractivity contribution in [1.29, 1.82) is 0 Å². The Morgan fingerprint density at radius 2 is 1.76 bits per heavy atom. The van der Waals surface area contributed by atoms with Gasteiger partial charge in [0.2, 0.25) is 0 Å². The average Bonchev–Trinajstić information content (AvgIpc) is 2.96. The highest BCUT2D eigenvalue weighted by molar-refractivity contribution is 6.16. The first-order valence-electron chi connectivity index (χ1n) is 8.42. The molecule has 0 spiro atoms. The van der Waals surface area contributed by atoms with Crippen molar-refractivity contribution in [2.75, 3.05) is 6.54 Å². The van der Waals surface area contributed by atoms with E-state index in [2.05, 4.69) is 11.6 Å². The summed E-state index contributed by atoms with van der Waals surface area (Å²) in [6, 6.07) is 11.7. The Balaban J connectivity index is 2.09. The van der Waals surface area contributed by atoms with Gasteiger partial charge in [0, 0.05) is 17.7 Å².